The molecule has 1 heterocycles. The maximum Gasteiger partial charge on any atom is 0.164 e. The van der Waals surface area contributed by atoms with Gasteiger partial charge in [0, 0.05) is 11.5 Å². The summed E-state index contributed by atoms with van der Waals surface area (Å²) in [5.41, 5.74) is 3.67. The van der Waals surface area contributed by atoms with Crippen molar-refractivity contribution in [1.82, 2.24) is 4.90 Å². The molecule has 0 N–H and O–H groups in total. The lowest BCUT2D eigenvalue weighted by Gasteiger charge is -2.35. The van der Waals surface area contributed by atoms with Crippen molar-refractivity contribution in [3.8, 4) is 11.5 Å². The average Bonchev–Trinajstić information content (AvgIpc) is 2.76. The fourth-order valence-electron chi connectivity index (χ4n) is 4.41. The Balaban J connectivity index is 1.54. The van der Waals surface area contributed by atoms with Crippen LogP contribution < -0.4 is 9.47 Å². The number of hydrogen-bond acceptors (Lipinski definition) is 4. The van der Waals surface area contributed by atoms with Crippen molar-refractivity contribution in [3.05, 3.63) is 59.2 Å². The number of aldehydes is 1. The number of carbonyl (C=O) groups excluding carboxylic acids is 1. The summed E-state index contributed by atoms with van der Waals surface area (Å²) in [6, 6.07) is 14.7. The van der Waals surface area contributed by atoms with E-state index in [4.69, 9.17) is 9.47 Å². The van der Waals surface area contributed by atoms with E-state index in [-0.39, 0.29) is 5.92 Å². The van der Waals surface area contributed by atoms with Gasteiger partial charge in [-0.1, -0.05) is 42.0 Å². The minimum atomic E-state index is -0.144. The summed E-state index contributed by atoms with van der Waals surface area (Å²) in [5, 5.41) is 0. The Bertz CT molecular complexity index is 779. The van der Waals surface area contributed by atoms with E-state index < -0.39 is 0 Å². The van der Waals surface area contributed by atoms with Gasteiger partial charge in [-0.05, 0) is 69.8 Å². The largest absolute Gasteiger partial charge is 0.493 e. The van der Waals surface area contributed by atoms with Crippen molar-refractivity contribution in [2.24, 2.45) is 5.92 Å². The molecule has 1 aliphatic rings. The molecule has 29 heavy (non-hydrogen) atoms. The van der Waals surface area contributed by atoms with Crippen LogP contribution in [0.25, 0.3) is 0 Å². The van der Waals surface area contributed by atoms with Crippen LogP contribution in [0.4, 0.5) is 0 Å². The van der Waals surface area contributed by atoms with E-state index in [2.05, 4.69) is 36.1 Å². The minimum Gasteiger partial charge on any atom is -0.493 e. The quantitative estimate of drug-likeness (QED) is 0.580. The Kier molecular flexibility index (Phi) is 7.70. The minimum absolute atomic E-state index is 0.144. The van der Waals surface area contributed by atoms with Gasteiger partial charge in [0.25, 0.3) is 0 Å². The molecule has 0 spiro atoms. The van der Waals surface area contributed by atoms with Crippen LogP contribution in [-0.4, -0.2) is 45.0 Å². The van der Waals surface area contributed by atoms with E-state index in [9.17, 15) is 4.79 Å². The molecule has 1 atom stereocenters. The van der Waals surface area contributed by atoms with E-state index in [0.717, 1.165) is 50.7 Å². The van der Waals surface area contributed by atoms with Crippen LogP contribution >= 0.6 is 0 Å². The second-order valence-electron chi connectivity index (χ2n) is 8.01. The first-order chi connectivity index (χ1) is 14.2. The normalized spacial score (nSPS) is 16.4. The smallest absolute Gasteiger partial charge is 0.164 e. The molecule has 2 aromatic carbocycles. The van der Waals surface area contributed by atoms with Crippen LogP contribution in [0, 0.1) is 12.8 Å². The Morgan fingerprint density at radius 1 is 1.07 bits per heavy atom. The van der Waals surface area contributed by atoms with E-state index in [1.807, 2.05) is 18.2 Å². The molecule has 0 radical (unpaired) electrons. The van der Waals surface area contributed by atoms with E-state index >= 15 is 0 Å². The van der Waals surface area contributed by atoms with Gasteiger partial charge in [0.1, 0.15) is 6.29 Å². The predicted octanol–water partition coefficient (Wildman–Crippen LogP) is 4.64. The standard InChI is InChI=1S/C25H33NO3/c1-19-9-11-20(12-10-19)6-5-15-26-16-13-21(14-17-26)23(18-27)22-7-4-8-24(28-2)25(22)29-3/h4,7-12,18,21,23H,5-6,13-17H2,1-3H3. The summed E-state index contributed by atoms with van der Waals surface area (Å²) in [7, 11) is 3.27. The number of likely N-dealkylation sites (tertiary alicyclic amines) is 1. The van der Waals surface area contributed by atoms with Crippen LogP contribution in [0.2, 0.25) is 0 Å². The highest BCUT2D eigenvalue weighted by Gasteiger charge is 2.30. The van der Waals surface area contributed by atoms with Crippen LogP contribution in [0.15, 0.2) is 42.5 Å². The zero-order valence-corrected chi connectivity index (χ0v) is 17.9. The molecule has 4 heteroatoms. The number of methoxy groups -OCH3 is 2. The molecule has 1 unspecified atom stereocenters. The number of benzene rings is 2. The van der Waals surface area contributed by atoms with Crippen molar-refractivity contribution >= 4 is 6.29 Å². The predicted molar refractivity (Wildman–Crippen MR) is 117 cm³/mol. The fourth-order valence-corrected chi connectivity index (χ4v) is 4.41. The molecule has 1 aliphatic heterocycles. The number of nitrogens with zero attached hydrogens (tertiary/aromatic N) is 1. The number of para-hydroxylation sites is 1. The van der Waals surface area contributed by atoms with Crippen molar-refractivity contribution in [3.63, 3.8) is 0 Å². The number of ether oxygens (including phenoxy) is 2. The summed E-state index contributed by atoms with van der Waals surface area (Å²) in [4.78, 5) is 14.5. The van der Waals surface area contributed by atoms with E-state index in [0.29, 0.717) is 17.4 Å². The van der Waals surface area contributed by atoms with Crippen molar-refractivity contribution < 1.29 is 14.3 Å². The monoisotopic (exact) mass is 395 g/mol. The Morgan fingerprint density at radius 3 is 2.41 bits per heavy atom. The van der Waals surface area contributed by atoms with Crippen LogP contribution in [-0.2, 0) is 11.2 Å². The number of piperidine rings is 1. The Hall–Kier alpha value is -2.33. The Morgan fingerprint density at radius 2 is 1.79 bits per heavy atom. The first-order valence-corrected chi connectivity index (χ1v) is 10.6. The molecule has 156 valence electrons. The third-order valence-electron chi connectivity index (χ3n) is 6.14. The van der Waals surface area contributed by atoms with Crippen molar-refractivity contribution in [2.75, 3.05) is 33.9 Å². The summed E-state index contributed by atoms with van der Waals surface area (Å²) in [6.07, 6.45) is 5.46. The SMILES string of the molecule is COc1cccc(C(C=O)C2CCN(CCCc3ccc(C)cc3)CC2)c1OC. The maximum absolute atomic E-state index is 12.0. The molecule has 3 rings (SSSR count). The Labute approximate surface area is 174 Å². The summed E-state index contributed by atoms with van der Waals surface area (Å²) in [5.74, 6) is 1.58. The van der Waals surface area contributed by atoms with Gasteiger partial charge >= 0.3 is 0 Å². The molecule has 4 nitrogen and oxygen atoms in total. The maximum atomic E-state index is 12.0. The second-order valence-corrected chi connectivity index (χ2v) is 8.01. The lowest BCUT2D eigenvalue weighted by Crippen LogP contribution is -2.36. The van der Waals surface area contributed by atoms with Gasteiger partial charge in [-0.15, -0.1) is 0 Å². The molecule has 0 saturated carbocycles. The van der Waals surface area contributed by atoms with Gasteiger partial charge in [-0.3, -0.25) is 0 Å². The molecule has 0 aromatic heterocycles. The van der Waals surface area contributed by atoms with Crippen LogP contribution in [0.5, 0.6) is 11.5 Å². The fraction of sp³-hybridized carbons (Fsp3) is 0.480. The lowest BCUT2D eigenvalue weighted by molar-refractivity contribution is -0.110. The first-order valence-electron chi connectivity index (χ1n) is 10.6. The van der Waals surface area contributed by atoms with Crippen LogP contribution in [0.1, 0.15) is 41.9 Å². The average molecular weight is 396 g/mol. The second kappa shape index (κ2) is 10.4. The molecule has 0 aliphatic carbocycles. The summed E-state index contributed by atoms with van der Waals surface area (Å²) < 4.78 is 11.0. The number of carbonyl (C=O) groups is 1. The molecule has 1 saturated heterocycles. The highest BCUT2D eigenvalue weighted by atomic mass is 16.5. The third-order valence-corrected chi connectivity index (χ3v) is 6.14. The number of aryl methyl sites for hydroxylation is 2. The molecule has 0 bridgehead atoms. The molecular weight excluding hydrogens is 362 g/mol. The topological polar surface area (TPSA) is 38.8 Å². The lowest BCUT2D eigenvalue weighted by atomic mass is 9.80. The number of hydrogen-bond donors (Lipinski definition) is 0. The highest BCUT2D eigenvalue weighted by Crippen LogP contribution is 2.40. The number of rotatable bonds is 9. The van der Waals surface area contributed by atoms with Crippen molar-refractivity contribution in [2.45, 2.75) is 38.5 Å². The van der Waals surface area contributed by atoms with E-state index in [1.165, 1.54) is 17.5 Å². The van der Waals surface area contributed by atoms with Gasteiger partial charge < -0.3 is 19.2 Å². The van der Waals surface area contributed by atoms with E-state index in [1.54, 1.807) is 14.2 Å². The van der Waals surface area contributed by atoms with Crippen LogP contribution in [0.3, 0.4) is 0 Å². The van der Waals surface area contributed by atoms with Gasteiger partial charge in [0.05, 0.1) is 14.2 Å². The summed E-state index contributed by atoms with van der Waals surface area (Å²) >= 11 is 0. The third kappa shape index (κ3) is 5.39. The van der Waals surface area contributed by atoms with Gasteiger partial charge in [-0.2, -0.15) is 0 Å². The van der Waals surface area contributed by atoms with Gasteiger partial charge in [-0.25, -0.2) is 0 Å². The zero-order valence-electron chi connectivity index (χ0n) is 17.9. The molecule has 1 fully saturated rings. The summed E-state index contributed by atoms with van der Waals surface area (Å²) in [6.45, 7) is 5.35. The molecule has 0 amide bonds. The molecule has 2 aromatic rings. The van der Waals surface area contributed by atoms with Gasteiger partial charge in [0.15, 0.2) is 11.5 Å². The first kappa shape index (κ1) is 21.4. The van der Waals surface area contributed by atoms with Crippen molar-refractivity contribution in [1.29, 1.82) is 0 Å². The zero-order chi connectivity index (χ0) is 20.6. The highest BCUT2D eigenvalue weighted by molar-refractivity contribution is 5.67. The molecular formula is C25H33NO3. The van der Waals surface area contributed by atoms with Gasteiger partial charge in [0.2, 0.25) is 0 Å².